The van der Waals surface area contributed by atoms with Gasteiger partial charge in [0.1, 0.15) is 0 Å². The second-order valence-corrected chi connectivity index (χ2v) is 3.10. The summed E-state index contributed by atoms with van der Waals surface area (Å²) in [5.41, 5.74) is 5.96. The Morgan fingerprint density at radius 2 is 2.00 bits per heavy atom. The summed E-state index contributed by atoms with van der Waals surface area (Å²) in [5, 5.41) is 4.82. The second kappa shape index (κ2) is 9.25. The molecule has 0 heterocycles. The van der Waals surface area contributed by atoms with Gasteiger partial charge in [0, 0.05) is 11.5 Å². The third-order valence-corrected chi connectivity index (χ3v) is 1.39. The topological polar surface area (TPSA) is 58.7 Å². The van der Waals surface area contributed by atoms with Gasteiger partial charge in [0.05, 0.1) is 11.9 Å². The Balaban J connectivity index is 0. The molecule has 13 heavy (non-hydrogen) atoms. The lowest BCUT2D eigenvalue weighted by Crippen LogP contribution is -2.09. The molecule has 0 spiro atoms. The zero-order chi connectivity index (χ0) is 10.9. The van der Waals surface area contributed by atoms with E-state index in [9.17, 15) is 4.79 Å². The monoisotopic (exact) mass is 249 g/mol. The van der Waals surface area contributed by atoms with Gasteiger partial charge in [0.2, 0.25) is 6.41 Å². The Bertz CT molecular complexity index is 198. The van der Waals surface area contributed by atoms with Crippen molar-refractivity contribution in [1.29, 1.82) is 0 Å². The molecule has 0 aliphatic heterocycles. The summed E-state index contributed by atoms with van der Waals surface area (Å²) in [5.74, 6) is 0. The SMILES string of the molecule is C/C(Br)=C(N)\C=N/N(C)C=O.CC. The highest BCUT2D eigenvalue weighted by Gasteiger charge is 1.89. The number of hydrazone groups is 1. The molecule has 0 saturated heterocycles. The van der Waals surface area contributed by atoms with Crippen LogP contribution in [0.1, 0.15) is 20.8 Å². The first-order chi connectivity index (χ1) is 6.07. The van der Waals surface area contributed by atoms with E-state index in [1.54, 1.807) is 6.92 Å². The number of nitrogens with two attached hydrogens (primary N) is 1. The van der Waals surface area contributed by atoms with Crippen LogP contribution in [0.15, 0.2) is 15.3 Å². The number of hydrogen-bond acceptors (Lipinski definition) is 3. The summed E-state index contributed by atoms with van der Waals surface area (Å²) in [6.07, 6.45) is 1.99. The number of amides is 1. The summed E-state index contributed by atoms with van der Waals surface area (Å²) in [7, 11) is 1.53. The van der Waals surface area contributed by atoms with Gasteiger partial charge in [-0.05, 0) is 6.92 Å². The molecule has 76 valence electrons. The fourth-order valence-electron chi connectivity index (χ4n) is 0.269. The molecule has 0 saturated carbocycles. The molecule has 0 aromatic rings. The van der Waals surface area contributed by atoms with Crippen LogP contribution in [0.3, 0.4) is 0 Å². The number of nitrogens with zero attached hydrogens (tertiary/aromatic N) is 2. The Morgan fingerprint density at radius 3 is 2.31 bits per heavy atom. The molecule has 0 aromatic heterocycles. The van der Waals surface area contributed by atoms with Crippen molar-refractivity contribution in [1.82, 2.24) is 5.01 Å². The molecular weight excluding hydrogens is 234 g/mol. The highest BCUT2D eigenvalue weighted by Crippen LogP contribution is 2.03. The van der Waals surface area contributed by atoms with Crippen molar-refractivity contribution in [2.45, 2.75) is 20.8 Å². The predicted octanol–water partition coefficient (Wildman–Crippen LogP) is 1.67. The molecule has 1 amide bonds. The molecule has 0 aromatic carbocycles. The van der Waals surface area contributed by atoms with E-state index in [0.29, 0.717) is 12.1 Å². The number of carbonyl (C=O) groups excluding carboxylic acids is 1. The third-order valence-electron chi connectivity index (χ3n) is 0.929. The van der Waals surface area contributed by atoms with Gasteiger partial charge in [-0.2, -0.15) is 5.10 Å². The van der Waals surface area contributed by atoms with E-state index in [4.69, 9.17) is 5.73 Å². The molecule has 0 unspecified atom stereocenters. The molecular formula is C8H16BrN3O. The molecule has 2 N–H and O–H groups in total. The maximum atomic E-state index is 10.0. The molecule has 0 atom stereocenters. The summed E-state index contributed by atoms with van der Waals surface area (Å²) in [6.45, 7) is 5.79. The largest absolute Gasteiger partial charge is 0.397 e. The van der Waals surface area contributed by atoms with Gasteiger partial charge in [0.15, 0.2) is 0 Å². The quantitative estimate of drug-likeness (QED) is 0.470. The van der Waals surface area contributed by atoms with Crippen LogP contribution >= 0.6 is 15.9 Å². The van der Waals surface area contributed by atoms with Crippen molar-refractivity contribution >= 4 is 28.6 Å². The minimum absolute atomic E-state index is 0.499. The van der Waals surface area contributed by atoms with E-state index >= 15 is 0 Å². The normalized spacial score (nSPS) is 11.5. The van der Waals surface area contributed by atoms with Crippen molar-refractivity contribution in [2.75, 3.05) is 7.05 Å². The Kier molecular flexibility index (Phi) is 10.4. The first kappa shape index (κ1) is 14.7. The summed E-state index contributed by atoms with van der Waals surface area (Å²) < 4.78 is 0.792. The first-order valence-electron chi connectivity index (χ1n) is 3.92. The minimum atomic E-state index is 0.499. The van der Waals surface area contributed by atoms with Crippen LogP contribution in [0.4, 0.5) is 0 Å². The van der Waals surface area contributed by atoms with E-state index in [0.717, 1.165) is 9.49 Å². The smallest absolute Gasteiger partial charge is 0.229 e. The lowest BCUT2D eigenvalue weighted by atomic mass is 10.5. The van der Waals surface area contributed by atoms with Crippen LogP contribution in [-0.4, -0.2) is 24.7 Å². The number of carbonyl (C=O) groups is 1. The lowest BCUT2D eigenvalue weighted by Gasteiger charge is -2.00. The molecule has 0 fully saturated rings. The Hall–Kier alpha value is -0.840. The van der Waals surface area contributed by atoms with Crippen molar-refractivity contribution in [3.8, 4) is 0 Å². The Morgan fingerprint density at radius 1 is 1.54 bits per heavy atom. The van der Waals surface area contributed by atoms with Crippen LogP contribution in [0.5, 0.6) is 0 Å². The third kappa shape index (κ3) is 9.07. The van der Waals surface area contributed by atoms with Crippen LogP contribution in [-0.2, 0) is 4.79 Å². The minimum Gasteiger partial charge on any atom is -0.397 e. The number of halogens is 1. The number of hydrogen-bond donors (Lipinski definition) is 1. The molecule has 4 nitrogen and oxygen atoms in total. The standard InChI is InChI=1S/C6H10BrN3O.C2H6/c1-5(7)6(8)3-9-10(2)4-11;1-2/h3-4H,8H2,1-2H3;1-2H3/b6-5-,9-3-;. The zero-order valence-electron chi connectivity index (χ0n) is 8.41. The van der Waals surface area contributed by atoms with Gasteiger partial charge in [-0.3, -0.25) is 4.79 Å². The molecule has 5 heteroatoms. The summed E-state index contributed by atoms with van der Waals surface area (Å²) >= 11 is 3.17. The van der Waals surface area contributed by atoms with Crippen LogP contribution < -0.4 is 5.73 Å². The van der Waals surface area contributed by atoms with E-state index in [1.807, 2.05) is 13.8 Å². The summed E-state index contributed by atoms with van der Waals surface area (Å²) in [6, 6.07) is 0. The van der Waals surface area contributed by atoms with E-state index in [-0.39, 0.29) is 0 Å². The summed E-state index contributed by atoms with van der Waals surface area (Å²) in [4.78, 5) is 10.0. The van der Waals surface area contributed by atoms with Gasteiger partial charge >= 0.3 is 0 Å². The molecule has 0 bridgehead atoms. The van der Waals surface area contributed by atoms with Gasteiger partial charge in [-0.1, -0.05) is 29.8 Å². The second-order valence-electron chi connectivity index (χ2n) is 1.91. The average Bonchev–Trinajstić information content (AvgIpc) is 2.16. The molecule has 0 rings (SSSR count). The van der Waals surface area contributed by atoms with Gasteiger partial charge in [-0.25, -0.2) is 5.01 Å². The number of allylic oxidation sites excluding steroid dienone is 2. The van der Waals surface area contributed by atoms with Gasteiger partial charge in [-0.15, -0.1) is 0 Å². The van der Waals surface area contributed by atoms with Gasteiger partial charge in [0.25, 0.3) is 0 Å². The zero-order valence-corrected chi connectivity index (χ0v) is 10.00. The van der Waals surface area contributed by atoms with Crippen LogP contribution in [0.2, 0.25) is 0 Å². The van der Waals surface area contributed by atoms with Crippen molar-refractivity contribution < 1.29 is 4.79 Å². The predicted molar refractivity (Wildman–Crippen MR) is 59.5 cm³/mol. The maximum absolute atomic E-state index is 10.0. The average molecular weight is 250 g/mol. The van der Waals surface area contributed by atoms with E-state index < -0.39 is 0 Å². The van der Waals surface area contributed by atoms with E-state index in [1.165, 1.54) is 13.3 Å². The fourth-order valence-corrected chi connectivity index (χ4v) is 0.372. The highest BCUT2D eigenvalue weighted by molar-refractivity contribution is 9.11. The fraction of sp³-hybridized carbons (Fsp3) is 0.500. The maximum Gasteiger partial charge on any atom is 0.229 e. The van der Waals surface area contributed by atoms with Crippen molar-refractivity contribution in [3.63, 3.8) is 0 Å². The Labute approximate surface area is 87.6 Å². The van der Waals surface area contributed by atoms with Crippen molar-refractivity contribution in [2.24, 2.45) is 10.8 Å². The number of rotatable bonds is 3. The van der Waals surface area contributed by atoms with Crippen molar-refractivity contribution in [3.05, 3.63) is 10.2 Å². The first-order valence-corrected chi connectivity index (χ1v) is 4.71. The van der Waals surface area contributed by atoms with Gasteiger partial charge < -0.3 is 5.73 Å². The van der Waals surface area contributed by atoms with E-state index in [2.05, 4.69) is 21.0 Å². The highest BCUT2D eigenvalue weighted by atomic mass is 79.9. The molecule has 0 aliphatic carbocycles. The molecule has 0 radical (unpaired) electrons. The van der Waals surface area contributed by atoms with Crippen LogP contribution in [0, 0.1) is 0 Å². The lowest BCUT2D eigenvalue weighted by molar-refractivity contribution is -0.116. The van der Waals surface area contributed by atoms with Crippen LogP contribution in [0.25, 0.3) is 0 Å². The molecule has 0 aliphatic rings.